The highest BCUT2D eigenvalue weighted by Gasteiger charge is 2.43. The van der Waals surface area contributed by atoms with Crippen LogP contribution in [0.5, 0.6) is 0 Å². The Balaban J connectivity index is 2.04. The molecule has 5 nitrogen and oxygen atoms in total. The van der Waals surface area contributed by atoms with Gasteiger partial charge in [0.25, 0.3) is 0 Å². The van der Waals surface area contributed by atoms with Crippen molar-refractivity contribution in [3.63, 3.8) is 0 Å². The summed E-state index contributed by atoms with van der Waals surface area (Å²) in [5.41, 5.74) is 0. The standard InChI is InChI=1S/C12H24N2O3/c1-15-11(3-7-13-8-4-11)17-12(16-2)5-9-14-10-6-12/h13-14H,3-10H2,1-2H3. The molecule has 0 aromatic carbocycles. The van der Waals surface area contributed by atoms with E-state index in [1.807, 2.05) is 0 Å². The predicted octanol–water partition coefficient (Wildman–Crippen LogP) is 0.455. The van der Waals surface area contributed by atoms with Crippen LogP contribution in [0.1, 0.15) is 25.7 Å². The lowest BCUT2D eigenvalue weighted by atomic mass is 10.0. The molecule has 0 atom stereocenters. The maximum Gasteiger partial charge on any atom is 0.173 e. The number of hydrogen-bond donors (Lipinski definition) is 2. The lowest BCUT2D eigenvalue weighted by Crippen LogP contribution is -2.55. The minimum absolute atomic E-state index is 0.474. The largest absolute Gasteiger partial charge is 0.353 e. The Morgan fingerprint density at radius 1 is 0.706 bits per heavy atom. The summed E-state index contributed by atoms with van der Waals surface area (Å²) in [6, 6.07) is 0. The second kappa shape index (κ2) is 5.63. The second-order valence-electron chi connectivity index (χ2n) is 4.83. The van der Waals surface area contributed by atoms with Crippen molar-refractivity contribution in [1.29, 1.82) is 0 Å². The zero-order valence-electron chi connectivity index (χ0n) is 10.9. The van der Waals surface area contributed by atoms with E-state index in [2.05, 4.69) is 10.6 Å². The van der Waals surface area contributed by atoms with Gasteiger partial charge in [-0.1, -0.05) is 0 Å². The Hall–Kier alpha value is -0.200. The fraction of sp³-hybridized carbons (Fsp3) is 1.00. The average Bonchev–Trinajstić information content (AvgIpc) is 2.41. The smallest absolute Gasteiger partial charge is 0.173 e. The lowest BCUT2D eigenvalue weighted by molar-refractivity contribution is -0.360. The van der Waals surface area contributed by atoms with Gasteiger partial charge in [0.1, 0.15) is 0 Å². The van der Waals surface area contributed by atoms with Crippen molar-refractivity contribution < 1.29 is 14.2 Å². The van der Waals surface area contributed by atoms with Crippen molar-refractivity contribution in [3.05, 3.63) is 0 Å². The number of nitrogens with one attached hydrogen (secondary N) is 2. The van der Waals surface area contributed by atoms with E-state index in [0.717, 1.165) is 51.9 Å². The van der Waals surface area contributed by atoms with Gasteiger partial charge in [-0.05, 0) is 0 Å². The van der Waals surface area contributed by atoms with Gasteiger partial charge in [0.05, 0.1) is 0 Å². The van der Waals surface area contributed by atoms with Crippen LogP contribution in [0.3, 0.4) is 0 Å². The number of rotatable bonds is 4. The normalized spacial score (nSPS) is 27.9. The molecule has 2 aliphatic heterocycles. The Kier molecular flexibility index (Phi) is 4.38. The Morgan fingerprint density at radius 3 is 1.35 bits per heavy atom. The van der Waals surface area contributed by atoms with E-state index in [4.69, 9.17) is 14.2 Å². The number of hydrogen-bond acceptors (Lipinski definition) is 5. The fourth-order valence-corrected chi connectivity index (χ4v) is 2.65. The first-order chi connectivity index (χ1) is 8.24. The van der Waals surface area contributed by atoms with Crippen LogP contribution in [0, 0.1) is 0 Å². The van der Waals surface area contributed by atoms with Crippen LogP contribution in [-0.2, 0) is 14.2 Å². The van der Waals surface area contributed by atoms with Gasteiger partial charge in [0, 0.05) is 66.1 Å². The highest BCUT2D eigenvalue weighted by Crippen LogP contribution is 2.34. The van der Waals surface area contributed by atoms with Crippen LogP contribution < -0.4 is 10.6 Å². The summed E-state index contributed by atoms with van der Waals surface area (Å²) in [4.78, 5) is 0. The SMILES string of the molecule is COC1(OC2(OC)CCNCC2)CCNCC1. The minimum atomic E-state index is -0.474. The molecule has 2 aliphatic rings. The van der Waals surface area contributed by atoms with Crippen LogP contribution in [0.4, 0.5) is 0 Å². The summed E-state index contributed by atoms with van der Waals surface area (Å²) in [7, 11) is 3.46. The van der Waals surface area contributed by atoms with E-state index in [0.29, 0.717) is 0 Å². The predicted molar refractivity (Wildman–Crippen MR) is 64.8 cm³/mol. The van der Waals surface area contributed by atoms with Crippen molar-refractivity contribution in [2.75, 3.05) is 40.4 Å². The van der Waals surface area contributed by atoms with Gasteiger partial charge in [-0.2, -0.15) is 0 Å². The second-order valence-corrected chi connectivity index (χ2v) is 4.83. The topological polar surface area (TPSA) is 51.8 Å². The van der Waals surface area contributed by atoms with Gasteiger partial charge in [-0.15, -0.1) is 0 Å². The number of methoxy groups -OCH3 is 2. The Labute approximate surface area is 103 Å². The molecule has 0 radical (unpaired) electrons. The molecule has 2 saturated heterocycles. The summed E-state index contributed by atoms with van der Waals surface area (Å²) in [6.07, 6.45) is 3.51. The van der Waals surface area contributed by atoms with Crippen molar-refractivity contribution in [1.82, 2.24) is 10.6 Å². The molecule has 100 valence electrons. The first-order valence-corrected chi connectivity index (χ1v) is 6.46. The van der Waals surface area contributed by atoms with Gasteiger partial charge < -0.3 is 24.8 Å². The van der Waals surface area contributed by atoms with E-state index in [9.17, 15) is 0 Å². The first-order valence-electron chi connectivity index (χ1n) is 6.46. The Bertz CT molecular complexity index is 212. The first kappa shape index (κ1) is 13.2. The molecule has 0 aliphatic carbocycles. The van der Waals surface area contributed by atoms with Crippen LogP contribution >= 0.6 is 0 Å². The molecule has 0 amide bonds. The molecule has 17 heavy (non-hydrogen) atoms. The summed E-state index contributed by atoms with van der Waals surface area (Å²) in [5.74, 6) is -0.947. The third-order valence-corrected chi connectivity index (χ3v) is 3.85. The van der Waals surface area contributed by atoms with Crippen LogP contribution in [0.15, 0.2) is 0 Å². The number of piperidine rings is 2. The third kappa shape index (κ3) is 2.98. The molecule has 0 aromatic heterocycles. The van der Waals surface area contributed by atoms with Crippen LogP contribution in [-0.4, -0.2) is 52.0 Å². The van der Waals surface area contributed by atoms with E-state index in [1.165, 1.54) is 0 Å². The van der Waals surface area contributed by atoms with Gasteiger partial charge in [0.15, 0.2) is 11.6 Å². The summed E-state index contributed by atoms with van der Waals surface area (Å²) >= 11 is 0. The van der Waals surface area contributed by atoms with Crippen molar-refractivity contribution in [3.8, 4) is 0 Å². The van der Waals surface area contributed by atoms with E-state index in [-0.39, 0.29) is 0 Å². The van der Waals surface area contributed by atoms with Gasteiger partial charge >= 0.3 is 0 Å². The van der Waals surface area contributed by atoms with E-state index < -0.39 is 11.6 Å². The molecule has 2 heterocycles. The molecule has 5 heteroatoms. The van der Waals surface area contributed by atoms with Gasteiger partial charge in [0.2, 0.25) is 0 Å². The summed E-state index contributed by atoms with van der Waals surface area (Å²) in [5, 5.41) is 6.66. The molecule has 0 spiro atoms. The van der Waals surface area contributed by atoms with Crippen molar-refractivity contribution >= 4 is 0 Å². The van der Waals surface area contributed by atoms with Crippen LogP contribution in [0.25, 0.3) is 0 Å². The van der Waals surface area contributed by atoms with Gasteiger partial charge in [-0.25, -0.2) is 0 Å². The molecular weight excluding hydrogens is 220 g/mol. The monoisotopic (exact) mass is 244 g/mol. The van der Waals surface area contributed by atoms with Crippen molar-refractivity contribution in [2.45, 2.75) is 37.3 Å². The van der Waals surface area contributed by atoms with Crippen LogP contribution in [0.2, 0.25) is 0 Å². The van der Waals surface area contributed by atoms with E-state index >= 15 is 0 Å². The highest BCUT2D eigenvalue weighted by molar-refractivity contribution is 4.85. The molecule has 0 saturated carbocycles. The summed E-state index contributed by atoms with van der Waals surface area (Å²) in [6.45, 7) is 3.75. The average molecular weight is 244 g/mol. The van der Waals surface area contributed by atoms with Crippen molar-refractivity contribution in [2.24, 2.45) is 0 Å². The molecular formula is C12H24N2O3. The summed E-state index contributed by atoms with van der Waals surface area (Å²) < 4.78 is 17.6. The highest BCUT2D eigenvalue weighted by atomic mass is 16.8. The molecule has 2 rings (SSSR count). The molecule has 2 N–H and O–H groups in total. The zero-order valence-corrected chi connectivity index (χ0v) is 10.9. The number of ether oxygens (including phenoxy) is 3. The van der Waals surface area contributed by atoms with E-state index in [1.54, 1.807) is 14.2 Å². The fourth-order valence-electron chi connectivity index (χ4n) is 2.65. The van der Waals surface area contributed by atoms with Gasteiger partial charge in [-0.3, -0.25) is 0 Å². The zero-order chi connectivity index (χ0) is 12.2. The third-order valence-electron chi connectivity index (χ3n) is 3.85. The molecule has 2 fully saturated rings. The molecule has 0 unspecified atom stereocenters. The quantitative estimate of drug-likeness (QED) is 0.704. The molecule has 0 aromatic rings. The lowest BCUT2D eigenvalue weighted by Gasteiger charge is -2.45. The maximum absolute atomic E-state index is 6.28. The minimum Gasteiger partial charge on any atom is -0.353 e. The Morgan fingerprint density at radius 2 is 1.06 bits per heavy atom. The maximum atomic E-state index is 6.28. The molecule has 0 bridgehead atoms.